The van der Waals surface area contributed by atoms with Crippen LogP contribution >= 0.6 is 34.1 Å². The van der Waals surface area contributed by atoms with Crippen LogP contribution in [-0.4, -0.2) is 102 Å². The van der Waals surface area contributed by atoms with E-state index in [1.807, 2.05) is 91.4 Å². The van der Waals surface area contributed by atoms with E-state index in [0.717, 1.165) is 34.7 Å². The van der Waals surface area contributed by atoms with Crippen molar-refractivity contribution in [3.8, 4) is 0 Å². The fourth-order valence-electron chi connectivity index (χ4n) is 4.84. The number of alkyl carbamates (subject to hydrolysis) is 1. The van der Waals surface area contributed by atoms with E-state index in [1.54, 1.807) is 20.8 Å². The van der Waals surface area contributed by atoms with E-state index in [4.69, 9.17) is 16.3 Å². The Morgan fingerprint density at radius 2 is 1.58 bits per heavy atom. The number of benzene rings is 1. The maximum absolute atomic E-state index is 12.1. The molecule has 14 heteroatoms. The van der Waals surface area contributed by atoms with Gasteiger partial charge < -0.3 is 40.3 Å². The third kappa shape index (κ3) is 21.2. The molecule has 2 aliphatic rings. The van der Waals surface area contributed by atoms with E-state index >= 15 is 0 Å². The van der Waals surface area contributed by atoms with Crippen molar-refractivity contribution < 1.29 is 14.3 Å². The van der Waals surface area contributed by atoms with Crippen LogP contribution in [0.15, 0.2) is 42.9 Å². The summed E-state index contributed by atoms with van der Waals surface area (Å²) in [6.45, 7) is 27.7. The summed E-state index contributed by atoms with van der Waals surface area (Å²) < 4.78 is 5.28. The summed E-state index contributed by atoms with van der Waals surface area (Å²) in [4.78, 5) is 39.9. The average Bonchev–Trinajstić information content (AvgIpc) is 3.66. The zero-order valence-corrected chi connectivity index (χ0v) is 36.4. The number of hydrogen-bond donors (Lipinski definition) is 5. The monoisotopic (exact) mass is 784 g/mol. The van der Waals surface area contributed by atoms with E-state index in [0.29, 0.717) is 25.9 Å². The molecule has 1 amide bonds. The molecule has 3 aromatic rings. The van der Waals surface area contributed by atoms with Crippen molar-refractivity contribution in [1.82, 2.24) is 35.8 Å². The van der Waals surface area contributed by atoms with Crippen molar-refractivity contribution in [3.05, 3.63) is 53.4 Å². The number of hydrogen-bond acceptors (Lipinski definition) is 11. The zero-order chi connectivity index (χ0) is 40.0. The first-order valence-corrected chi connectivity index (χ1v) is 21.2. The average molecular weight is 786 g/mol. The largest absolute Gasteiger partial charge is 0.444 e. The second-order valence-electron chi connectivity index (χ2n) is 11.8. The number of halogens is 1. The molecule has 5 rings (SSSR count). The summed E-state index contributed by atoms with van der Waals surface area (Å²) in [6.07, 6.45) is 6.49. The lowest BCUT2D eigenvalue weighted by Gasteiger charge is -2.39. The number of aromatic amines is 1. The predicted molar refractivity (Wildman–Crippen MR) is 229 cm³/mol. The molecule has 11 nitrogen and oxygen atoms in total. The van der Waals surface area contributed by atoms with Gasteiger partial charge in [-0.05, 0) is 77.2 Å². The van der Waals surface area contributed by atoms with Crippen molar-refractivity contribution in [2.75, 3.05) is 64.0 Å². The highest BCUT2D eigenvalue weighted by Gasteiger charge is 2.37. The number of ether oxygens (including phenoxy) is 1. The second kappa shape index (κ2) is 30.9. The number of carbonyl (C=O) groups excluding carboxylic acids is 2. The number of H-pyrrole nitrogens is 1. The summed E-state index contributed by atoms with van der Waals surface area (Å²) in [5.41, 5.74) is 0.537. The van der Waals surface area contributed by atoms with Crippen LogP contribution in [0.1, 0.15) is 87.6 Å². The topological polar surface area (TPSA) is 128 Å². The van der Waals surface area contributed by atoms with Crippen molar-refractivity contribution in [1.29, 1.82) is 0 Å². The minimum Gasteiger partial charge on any atom is -0.444 e. The molecule has 0 atom stereocenters. The first-order valence-electron chi connectivity index (χ1n) is 18.5. The van der Waals surface area contributed by atoms with E-state index in [9.17, 15) is 9.59 Å². The van der Waals surface area contributed by atoms with Gasteiger partial charge >= 0.3 is 6.09 Å². The lowest BCUT2D eigenvalue weighted by Crippen LogP contribution is -2.57. The molecule has 1 aromatic carbocycles. The molecule has 52 heavy (non-hydrogen) atoms. The Bertz CT molecular complexity index is 1300. The van der Waals surface area contributed by atoms with Gasteiger partial charge in [-0.1, -0.05) is 72.2 Å². The highest BCUT2D eigenvalue weighted by Crippen LogP contribution is 2.28. The normalized spacial score (nSPS) is 14.5. The highest BCUT2D eigenvalue weighted by atomic mass is 35.5. The van der Waals surface area contributed by atoms with Crippen LogP contribution in [0.25, 0.3) is 11.0 Å². The number of thiol groups is 1. The van der Waals surface area contributed by atoms with Crippen LogP contribution in [0, 0.1) is 0 Å². The quantitative estimate of drug-likeness (QED) is 0.0948. The summed E-state index contributed by atoms with van der Waals surface area (Å²) >= 11 is 9.40. The first kappa shape index (κ1) is 51.6. The number of aldehydes is 1. The molecule has 298 valence electrons. The van der Waals surface area contributed by atoms with Gasteiger partial charge in [0.05, 0.1) is 5.39 Å². The van der Waals surface area contributed by atoms with Gasteiger partial charge in [0, 0.05) is 57.0 Å². The molecule has 0 radical (unpaired) electrons. The number of likely N-dealkylation sites (N-methyl/N-ethyl adjacent to an activating group) is 1. The molecular formula is C38H69ClN8O3S2. The van der Waals surface area contributed by atoms with Crippen molar-refractivity contribution in [3.63, 3.8) is 0 Å². The Morgan fingerprint density at radius 1 is 1.02 bits per heavy atom. The maximum Gasteiger partial charge on any atom is 0.408 e. The highest BCUT2D eigenvalue weighted by molar-refractivity contribution is 8.68. The van der Waals surface area contributed by atoms with Gasteiger partial charge in [0.1, 0.15) is 35.2 Å². The van der Waals surface area contributed by atoms with E-state index < -0.39 is 17.2 Å². The molecule has 0 unspecified atom stereocenters. The molecule has 0 aliphatic carbocycles. The smallest absolute Gasteiger partial charge is 0.408 e. The number of anilines is 1. The molecule has 2 fully saturated rings. The number of fused-ring (bicyclic) bond motifs is 1. The fraction of sp³-hybridized carbons (Fsp3) is 0.632. The Morgan fingerprint density at radius 3 is 2.04 bits per heavy atom. The second-order valence-corrected chi connectivity index (χ2v) is 13.7. The maximum atomic E-state index is 12.1. The Hall–Kier alpha value is -2.55. The van der Waals surface area contributed by atoms with Gasteiger partial charge in [0.15, 0.2) is 0 Å². The lowest BCUT2D eigenvalue weighted by atomic mass is 9.89. The molecule has 4 heterocycles. The SMILES string of the molecule is CC.CC.CC.CC(C)(C)OC(=O)NC1(C=O)CCN(c2ncnc3[nH]ccc23)CC1.CCN1CCNCC1.CNCc1ccc(Cl)cc1.CSS. The summed E-state index contributed by atoms with van der Waals surface area (Å²) in [7, 11) is 3.37. The summed E-state index contributed by atoms with van der Waals surface area (Å²) in [5.74, 6) is 0.836. The van der Waals surface area contributed by atoms with Crippen molar-refractivity contribution in [2.24, 2.45) is 0 Å². The van der Waals surface area contributed by atoms with Gasteiger partial charge in [-0.3, -0.25) is 0 Å². The van der Waals surface area contributed by atoms with Gasteiger partial charge in [0.2, 0.25) is 0 Å². The van der Waals surface area contributed by atoms with E-state index in [-0.39, 0.29) is 0 Å². The standard InChI is InChI=1S/C17H23N5O3.C8H10ClN.C6H14N2.3C2H6.CH4S2/c1-16(2,3)25-15(24)21-17(10-23)5-8-22(9-6-17)14-12-4-7-18-13(12)19-11-20-14;1-10-6-7-2-4-8(9)5-3-7;1-2-8-5-3-7-4-6-8;3*1-2;1-3-2/h4,7,10-11H,5-6,8-9H2,1-3H3,(H,21,24)(H,18,19,20);2-5,10H,6H2,1H3;7H,2-6H2,1H3;3*1-2H3;2H,1H3. The van der Waals surface area contributed by atoms with Gasteiger partial charge in [-0.15, -0.1) is 22.5 Å². The molecule has 0 spiro atoms. The van der Waals surface area contributed by atoms with Crippen LogP contribution in [0.2, 0.25) is 5.02 Å². The molecule has 0 saturated carbocycles. The Kier molecular flexibility index (Phi) is 30.6. The number of nitrogens with one attached hydrogen (secondary N) is 4. The number of rotatable bonds is 6. The minimum absolute atomic E-state index is 0.492. The van der Waals surface area contributed by atoms with Gasteiger partial charge in [-0.25, -0.2) is 14.8 Å². The van der Waals surface area contributed by atoms with Crippen LogP contribution in [0.5, 0.6) is 0 Å². The Balaban J connectivity index is 0. The first-order chi connectivity index (χ1) is 25.0. The zero-order valence-electron chi connectivity index (χ0n) is 33.9. The summed E-state index contributed by atoms with van der Waals surface area (Å²) in [6, 6.07) is 9.76. The molecule has 2 saturated heterocycles. The van der Waals surface area contributed by atoms with E-state index in [2.05, 4.69) is 59.3 Å². The number of piperidine rings is 1. The van der Waals surface area contributed by atoms with Crippen molar-refractivity contribution >= 4 is 63.3 Å². The van der Waals surface area contributed by atoms with Gasteiger partial charge in [-0.2, -0.15) is 0 Å². The predicted octanol–water partition coefficient (Wildman–Crippen LogP) is 8.26. The molecule has 4 N–H and O–H groups in total. The van der Waals surface area contributed by atoms with Crippen LogP contribution in [0.3, 0.4) is 0 Å². The molecule has 0 bridgehead atoms. The number of nitrogens with zero attached hydrogens (tertiary/aromatic N) is 4. The third-order valence-electron chi connectivity index (χ3n) is 7.21. The molecular weight excluding hydrogens is 716 g/mol. The van der Waals surface area contributed by atoms with Crippen LogP contribution in [0.4, 0.5) is 10.6 Å². The minimum atomic E-state index is -0.900. The van der Waals surface area contributed by atoms with Crippen LogP contribution < -0.4 is 20.9 Å². The lowest BCUT2D eigenvalue weighted by molar-refractivity contribution is -0.114. The number of aromatic nitrogens is 3. The Labute approximate surface area is 329 Å². The third-order valence-corrected chi connectivity index (χ3v) is 7.47. The number of piperazine rings is 1. The summed E-state index contributed by atoms with van der Waals surface area (Å²) in [5, 5.41) is 10.9. The molecule has 2 aromatic heterocycles. The molecule has 2 aliphatic heterocycles. The van der Waals surface area contributed by atoms with Gasteiger partial charge in [0.25, 0.3) is 0 Å². The number of carbonyl (C=O) groups is 2. The van der Waals surface area contributed by atoms with Crippen LogP contribution in [-0.2, 0) is 16.1 Å². The fourth-order valence-corrected chi connectivity index (χ4v) is 4.97. The van der Waals surface area contributed by atoms with E-state index in [1.165, 1.54) is 55.4 Å². The number of amides is 1. The van der Waals surface area contributed by atoms with Crippen molar-refractivity contribution in [2.45, 2.75) is 99.8 Å².